The predicted molar refractivity (Wildman–Crippen MR) is 62.1 cm³/mol. The van der Waals surface area contributed by atoms with Crippen molar-refractivity contribution < 1.29 is 0 Å². The summed E-state index contributed by atoms with van der Waals surface area (Å²) in [5.41, 5.74) is 0. The van der Waals surface area contributed by atoms with E-state index in [1.165, 1.54) is 25.7 Å². The zero-order valence-electron chi connectivity index (χ0n) is 8.91. The van der Waals surface area contributed by atoms with E-state index >= 15 is 0 Å². The predicted octanol–water partition coefficient (Wildman–Crippen LogP) is 3.12. The maximum atomic E-state index is 5.73. The lowest BCUT2D eigenvalue weighted by Gasteiger charge is -2.20. The van der Waals surface area contributed by atoms with Crippen LogP contribution >= 0.6 is 11.6 Å². The number of hydrogen-bond acceptors (Lipinski definition) is 3. The van der Waals surface area contributed by atoms with Gasteiger partial charge in [0.1, 0.15) is 5.82 Å². The largest absolute Gasteiger partial charge is 0.367 e. The smallest absolute Gasteiger partial charge is 0.224 e. The van der Waals surface area contributed by atoms with Gasteiger partial charge in [-0.15, -0.1) is 0 Å². The molecule has 1 heterocycles. The molecule has 1 N–H and O–H groups in total. The van der Waals surface area contributed by atoms with Crippen LogP contribution in [0.15, 0.2) is 12.3 Å². The van der Waals surface area contributed by atoms with Crippen LogP contribution in [0.25, 0.3) is 0 Å². The third kappa shape index (κ3) is 2.81. The highest BCUT2D eigenvalue weighted by Gasteiger charge is 2.21. The van der Waals surface area contributed by atoms with Crippen LogP contribution < -0.4 is 5.32 Å². The van der Waals surface area contributed by atoms with Crippen LogP contribution in [0.3, 0.4) is 0 Å². The van der Waals surface area contributed by atoms with Crippen LogP contribution in [0, 0.1) is 5.92 Å². The Labute approximate surface area is 95.3 Å². The minimum atomic E-state index is 0.304. The van der Waals surface area contributed by atoms with Crippen LogP contribution in [-0.4, -0.2) is 16.0 Å². The molecule has 0 radical (unpaired) electrons. The minimum absolute atomic E-state index is 0.304. The third-order valence-corrected chi connectivity index (χ3v) is 3.29. The third-order valence-electron chi connectivity index (χ3n) is 3.11. The second-order valence-corrected chi connectivity index (χ2v) is 4.53. The molecule has 1 saturated carbocycles. The molecule has 0 aromatic carbocycles. The number of hydrogen-bond donors (Lipinski definition) is 1. The van der Waals surface area contributed by atoms with Crippen molar-refractivity contribution >= 4 is 17.4 Å². The van der Waals surface area contributed by atoms with Gasteiger partial charge in [-0.2, -0.15) is 0 Å². The van der Waals surface area contributed by atoms with Crippen molar-refractivity contribution in [3.63, 3.8) is 0 Å². The van der Waals surface area contributed by atoms with Gasteiger partial charge in [0, 0.05) is 12.2 Å². The van der Waals surface area contributed by atoms with Gasteiger partial charge in [-0.25, -0.2) is 9.97 Å². The molecule has 1 unspecified atom stereocenters. The van der Waals surface area contributed by atoms with E-state index < -0.39 is 0 Å². The molecule has 0 saturated heterocycles. The molecule has 0 bridgehead atoms. The average Bonchev–Trinajstić information content (AvgIpc) is 2.70. The lowest BCUT2D eigenvalue weighted by atomic mass is 10.00. The molecule has 1 aromatic heterocycles. The van der Waals surface area contributed by atoms with E-state index in [0.29, 0.717) is 11.3 Å². The molecule has 1 aliphatic carbocycles. The topological polar surface area (TPSA) is 37.8 Å². The van der Waals surface area contributed by atoms with Crippen molar-refractivity contribution in [3.8, 4) is 0 Å². The van der Waals surface area contributed by atoms with E-state index in [1.807, 2.05) is 6.07 Å². The van der Waals surface area contributed by atoms with Crippen molar-refractivity contribution in [2.45, 2.75) is 38.6 Å². The summed E-state index contributed by atoms with van der Waals surface area (Å²) in [6.07, 6.45) is 7.06. The average molecular weight is 226 g/mol. The first-order valence-corrected chi connectivity index (χ1v) is 5.88. The molecule has 82 valence electrons. The number of nitrogens with zero attached hydrogens (tertiary/aromatic N) is 2. The summed E-state index contributed by atoms with van der Waals surface area (Å²) in [5, 5.41) is 3.69. The van der Waals surface area contributed by atoms with Crippen LogP contribution in [0.5, 0.6) is 0 Å². The summed E-state index contributed by atoms with van der Waals surface area (Å²) >= 11 is 5.73. The molecular formula is C11H16ClN3. The quantitative estimate of drug-likeness (QED) is 0.804. The van der Waals surface area contributed by atoms with Gasteiger partial charge < -0.3 is 5.32 Å². The summed E-state index contributed by atoms with van der Waals surface area (Å²) in [4.78, 5) is 7.99. The summed E-state index contributed by atoms with van der Waals surface area (Å²) < 4.78 is 0. The molecule has 1 aromatic rings. The summed E-state index contributed by atoms with van der Waals surface area (Å²) in [7, 11) is 0. The van der Waals surface area contributed by atoms with E-state index in [1.54, 1.807) is 6.20 Å². The maximum absolute atomic E-state index is 5.73. The summed E-state index contributed by atoms with van der Waals surface area (Å²) in [6, 6.07) is 2.33. The fourth-order valence-electron chi connectivity index (χ4n) is 2.22. The molecule has 0 amide bonds. The zero-order chi connectivity index (χ0) is 10.7. The van der Waals surface area contributed by atoms with Gasteiger partial charge in [-0.05, 0) is 43.4 Å². The standard InChI is InChI=1S/C11H16ClN3/c1-8(9-4-2-3-5-9)14-10-6-7-13-11(12)15-10/h6-9H,2-5H2,1H3,(H,13,14,15). The van der Waals surface area contributed by atoms with Crippen molar-refractivity contribution in [1.29, 1.82) is 0 Å². The first kappa shape index (κ1) is 10.7. The molecule has 1 aliphatic rings. The van der Waals surface area contributed by atoms with Gasteiger partial charge in [0.15, 0.2) is 0 Å². The Hall–Kier alpha value is -0.830. The monoisotopic (exact) mass is 225 g/mol. The highest BCUT2D eigenvalue weighted by atomic mass is 35.5. The van der Waals surface area contributed by atoms with E-state index in [4.69, 9.17) is 11.6 Å². The Morgan fingerprint density at radius 2 is 2.20 bits per heavy atom. The van der Waals surface area contributed by atoms with Crippen LogP contribution in [0.1, 0.15) is 32.6 Å². The molecule has 3 nitrogen and oxygen atoms in total. The van der Waals surface area contributed by atoms with E-state index in [0.717, 1.165) is 11.7 Å². The SMILES string of the molecule is CC(Nc1ccnc(Cl)n1)C1CCCC1. The Morgan fingerprint density at radius 3 is 2.87 bits per heavy atom. The first-order chi connectivity index (χ1) is 7.25. The Bertz CT molecular complexity index is 323. The molecule has 1 fully saturated rings. The molecular weight excluding hydrogens is 210 g/mol. The Morgan fingerprint density at radius 1 is 1.47 bits per heavy atom. The zero-order valence-corrected chi connectivity index (χ0v) is 9.67. The van der Waals surface area contributed by atoms with Crippen molar-refractivity contribution in [1.82, 2.24) is 9.97 Å². The van der Waals surface area contributed by atoms with Crippen LogP contribution in [0.2, 0.25) is 5.28 Å². The van der Waals surface area contributed by atoms with Gasteiger partial charge in [-0.3, -0.25) is 0 Å². The molecule has 2 rings (SSSR count). The van der Waals surface area contributed by atoms with Gasteiger partial charge in [0.25, 0.3) is 0 Å². The van der Waals surface area contributed by atoms with E-state index in [-0.39, 0.29) is 0 Å². The van der Waals surface area contributed by atoms with Crippen molar-refractivity contribution in [3.05, 3.63) is 17.5 Å². The lowest BCUT2D eigenvalue weighted by molar-refractivity contribution is 0.481. The summed E-state index contributed by atoms with van der Waals surface area (Å²) in [6.45, 7) is 2.21. The van der Waals surface area contributed by atoms with Gasteiger partial charge in [0.05, 0.1) is 0 Å². The first-order valence-electron chi connectivity index (χ1n) is 5.51. The van der Waals surface area contributed by atoms with Crippen molar-refractivity contribution in [2.24, 2.45) is 5.92 Å². The second-order valence-electron chi connectivity index (χ2n) is 4.19. The van der Waals surface area contributed by atoms with Gasteiger partial charge in [-0.1, -0.05) is 12.8 Å². The van der Waals surface area contributed by atoms with Crippen LogP contribution in [-0.2, 0) is 0 Å². The van der Waals surface area contributed by atoms with E-state index in [9.17, 15) is 0 Å². The fraction of sp³-hybridized carbons (Fsp3) is 0.636. The Kier molecular flexibility index (Phi) is 3.41. The van der Waals surface area contributed by atoms with Crippen LogP contribution in [0.4, 0.5) is 5.82 Å². The normalized spacial score (nSPS) is 19.1. The second kappa shape index (κ2) is 4.79. The van der Waals surface area contributed by atoms with Crippen molar-refractivity contribution in [2.75, 3.05) is 5.32 Å². The molecule has 4 heteroatoms. The van der Waals surface area contributed by atoms with Gasteiger partial charge >= 0.3 is 0 Å². The number of halogens is 1. The summed E-state index contributed by atoms with van der Waals surface area (Å²) in [5.74, 6) is 1.60. The molecule has 0 aliphatic heterocycles. The number of aromatic nitrogens is 2. The van der Waals surface area contributed by atoms with E-state index in [2.05, 4.69) is 22.2 Å². The minimum Gasteiger partial charge on any atom is -0.367 e. The molecule has 0 spiro atoms. The molecule has 15 heavy (non-hydrogen) atoms. The number of nitrogens with one attached hydrogen (secondary N) is 1. The van der Waals surface area contributed by atoms with Gasteiger partial charge in [0.2, 0.25) is 5.28 Å². The maximum Gasteiger partial charge on any atom is 0.224 e. The number of rotatable bonds is 3. The highest BCUT2D eigenvalue weighted by molar-refractivity contribution is 6.28. The molecule has 1 atom stereocenters. The number of anilines is 1. The highest BCUT2D eigenvalue weighted by Crippen LogP contribution is 2.28. The fourth-order valence-corrected chi connectivity index (χ4v) is 2.37. The Balaban J connectivity index is 1.95. The lowest BCUT2D eigenvalue weighted by Crippen LogP contribution is -2.24.